The minimum Gasteiger partial charge on any atom is -0.324 e. The van der Waals surface area contributed by atoms with Gasteiger partial charge in [-0.05, 0) is 24.3 Å². The summed E-state index contributed by atoms with van der Waals surface area (Å²) >= 11 is 0. The molecule has 0 aliphatic heterocycles. The summed E-state index contributed by atoms with van der Waals surface area (Å²) in [5.41, 5.74) is 1.24. The van der Waals surface area contributed by atoms with E-state index in [0.29, 0.717) is 6.61 Å². The van der Waals surface area contributed by atoms with Crippen LogP contribution in [0.25, 0.3) is 0 Å². The van der Waals surface area contributed by atoms with E-state index in [-0.39, 0.29) is 12.1 Å². The van der Waals surface area contributed by atoms with Crippen molar-refractivity contribution in [2.45, 2.75) is 46.0 Å². The van der Waals surface area contributed by atoms with Crippen molar-refractivity contribution < 1.29 is 14.0 Å². The fraction of sp³-hybridized carbons (Fsp3) is 0.625. The van der Waals surface area contributed by atoms with Gasteiger partial charge in [0, 0.05) is 6.16 Å². The van der Waals surface area contributed by atoms with Crippen LogP contribution in [0.3, 0.4) is 0 Å². The number of rotatable bonds is 10. The van der Waals surface area contributed by atoms with Gasteiger partial charge in [-0.25, -0.2) is 0 Å². The lowest BCUT2D eigenvalue weighted by Crippen LogP contribution is -2.09. The lowest BCUT2D eigenvalue weighted by atomic mass is 10.0. The molecule has 20 heavy (non-hydrogen) atoms. The van der Waals surface area contributed by atoms with E-state index in [1.54, 1.807) is 0 Å². The zero-order valence-corrected chi connectivity index (χ0v) is 13.5. The van der Waals surface area contributed by atoms with Crippen LogP contribution in [0.15, 0.2) is 30.3 Å². The average molecular weight is 298 g/mol. The second-order valence-corrected chi connectivity index (χ2v) is 7.49. The van der Waals surface area contributed by atoms with Gasteiger partial charge in [0.05, 0.1) is 6.61 Å². The maximum Gasteiger partial charge on any atom is 0.328 e. The van der Waals surface area contributed by atoms with E-state index in [4.69, 9.17) is 4.52 Å². The first-order valence-corrected chi connectivity index (χ1v) is 9.30. The van der Waals surface area contributed by atoms with Crippen molar-refractivity contribution in [1.82, 2.24) is 0 Å². The van der Waals surface area contributed by atoms with Crippen LogP contribution in [0.4, 0.5) is 0 Å². The highest BCUT2D eigenvalue weighted by atomic mass is 31.2. The molecule has 0 fully saturated rings. The van der Waals surface area contributed by atoms with Gasteiger partial charge in [-0.2, -0.15) is 0 Å². The van der Waals surface area contributed by atoms with Gasteiger partial charge in [0.1, 0.15) is 0 Å². The fourth-order valence-electron chi connectivity index (χ4n) is 2.12. The minimum absolute atomic E-state index is 0.244. The minimum atomic E-state index is -3.39. The Bertz CT molecular complexity index is 405. The zero-order chi connectivity index (χ0) is 14.8. The molecule has 0 aromatic heterocycles. The smallest absolute Gasteiger partial charge is 0.324 e. The highest BCUT2D eigenvalue weighted by Gasteiger charge is 2.19. The van der Waals surface area contributed by atoms with E-state index >= 15 is 0 Å². The monoisotopic (exact) mass is 298 g/mol. The van der Waals surface area contributed by atoms with Crippen LogP contribution >= 0.6 is 7.60 Å². The van der Waals surface area contributed by atoms with Gasteiger partial charge >= 0.3 is 7.60 Å². The second kappa shape index (κ2) is 9.33. The van der Waals surface area contributed by atoms with Crippen LogP contribution in [-0.4, -0.2) is 17.7 Å². The topological polar surface area (TPSA) is 46.5 Å². The predicted molar refractivity (Wildman–Crippen MR) is 84.1 cm³/mol. The first-order chi connectivity index (χ1) is 9.53. The summed E-state index contributed by atoms with van der Waals surface area (Å²) in [6.45, 7) is 4.51. The Kier molecular flexibility index (Phi) is 8.13. The first-order valence-electron chi connectivity index (χ1n) is 7.54. The molecule has 2 unspecified atom stereocenters. The molecule has 3 nitrogen and oxygen atoms in total. The number of hydrogen-bond acceptors (Lipinski definition) is 2. The molecular formula is C16H27O3P. The average Bonchev–Trinajstić information content (AvgIpc) is 2.43. The lowest BCUT2D eigenvalue weighted by molar-refractivity contribution is 0.221. The lowest BCUT2D eigenvalue weighted by Gasteiger charge is -2.16. The Morgan fingerprint density at radius 2 is 1.90 bits per heavy atom. The van der Waals surface area contributed by atoms with Gasteiger partial charge < -0.3 is 9.42 Å². The molecule has 0 bridgehead atoms. The van der Waals surface area contributed by atoms with Crippen molar-refractivity contribution in [2.24, 2.45) is 5.92 Å². The van der Waals surface area contributed by atoms with Crippen molar-refractivity contribution in [3.63, 3.8) is 0 Å². The zero-order valence-electron chi connectivity index (χ0n) is 12.6. The molecule has 1 aromatic carbocycles. The van der Waals surface area contributed by atoms with E-state index in [9.17, 15) is 9.46 Å². The van der Waals surface area contributed by atoms with Gasteiger partial charge in [-0.1, -0.05) is 63.4 Å². The molecule has 2 atom stereocenters. The Labute approximate surface area is 122 Å². The van der Waals surface area contributed by atoms with Gasteiger partial charge in [0.15, 0.2) is 0 Å². The van der Waals surface area contributed by atoms with Crippen LogP contribution in [0.5, 0.6) is 0 Å². The SMILES string of the molecule is CCCCCCP(=O)(O)OCC(C)Cc1ccccc1. The third kappa shape index (κ3) is 7.84. The molecule has 0 radical (unpaired) electrons. The molecule has 0 aliphatic carbocycles. The molecule has 0 spiro atoms. The molecule has 0 saturated heterocycles. The molecule has 1 aromatic rings. The second-order valence-electron chi connectivity index (χ2n) is 5.51. The Hall–Kier alpha value is -0.630. The van der Waals surface area contributed by atoms with Crippen LogP contribution in [-0.2, 0) is 15.5 Å². The van der Waals surface area contributed by atoms with Gasteiger partial charge in [0.2, 0.25) is 0 Å². The molecule has 114 valence electrons. The molecule has 0 saturated carbocycles. The van der Waals surface area contributed by atoms with E-state index in [1.165, 1.54) is 5.56 Å². The molecule has 0 amide bonds. The van der Waals surface area contributed by atoms with Gasteiger partial charge in [0.25, 0.3) is 0 Å². The maximum atomic E-state index is 11.9. The number of unbranched alkanes of at least 4 members (excludes halogenated alkanes) is 3. The largest absolute Gasteiger partial charge is 0.328 e. The van der Waals surface area contributed by atoms with Crippen molar-refractivity contribution in [3.05, 3.63) is 35.9 Å². The summed E-state index contributed by atoms with van der Waals surface area (Å²) in [6.07, 6.45) is 5.18. The summed E-state index contributed by atoms with van der Waals surface area (Å²) in [7, 11) is -3.39. The van der Waals surface area contributed by atoms with E-state index in [0.717, 1.165) is 32.1 Å². The Balaban J connectivity index is 2.25. The van der Waals surface area contributed by atoms with Crippen LogP contribution in [0.2, 0.25) is 0 Å². The third-order valence-electron chi connectivity index (χ3n) is 3.28. The molecular weight excluding hydrogens is 271 g/mol. The van der Waals surface area contributed by atoms with Gasteiger partial charge in [-0.15, -0.1) is 0 Å². The van der Waals surface area contributed by atoms with Crippen molar-refractivity contribution in [3.8, 4) is 0 Å². The molecule has 1 rings (SSSR count). The first kappa shape index (κ1) is 17.4. The predicted octanol–water partition coefficient (Wildman–Crippen LogP) is 4.65. The van der Waals surface area contributed by atoms with Gasteiger partial charge in [-0.3, -0.25) is 4.57 Å². The summed E-state index contributed by atoms with van der Waals surface area (Å²) in [6, 6.07) is 10.1. The normalized spacial score (nSPS) is 15.8. The summed E-state index contributed by atoms with van der Waals surface area (Å²) < 4.78 is 17.1. The highest BCUT2D eigenvalue weighted by Crippen LogP contribution is 2.43. The molecule has 0 heterocycles. The van der Waals surface area contributed by atoms with Crippen molar-refractivity contribution in [2.75, 3.05) is 12.8 Å². The fourth-order valence-corrected chi connectivity index (χ4v) is 3.36. The molecule has 0 aliphatic rings. The van der Waals surface area contributed by atoms with E-state index < -0.39 is 7.60 Å². The van der Waals surface area contributed by atoms with Crippen LogP contribution < -0.4 is 0 Å². The Morgan fingerprint density at radius 3 is 2.55 bits per heavy atom. The van der Waals surface area contributed by atoms with E-state index in [2.05, 4.69) is 19.1 Å². The summed E-state index contributed by atoms with van der Waals surface area (Å²) in [5, 5.41) is 0. The highest BCUT2D eigenvalue weighted by molar-refractivity contribution is 7.52. The quantitative estimate of drug-likeness (QED) is 0.505. The van der Waals surface area contributed by atoms with E-state index in [1.807, 2.05) is 25.1 Å². The van der Waals surface area contributed by atoms with Crippen LogP contribution in [0, 0.1) is 5.92 Å². The number of hydrogen-bond donors (Lipinski definition) is 1. The van der Waals surface area contributed by atoms with Crippen molar-refractivity contribution in [1.29, 1.82) is 0 Å². The summed E-state index contributed by atoms with van der Waals surface area (Å²) in [5.74, 6) is 0.244. The number of benzene rings is 1. The van der Waals surface area contributed by atoms with Crippen molar-refractivity contribution >= 4 is 7.60 Å². The summed E-state index contributed by atoms with van der Waals surface area (Å²) in [4.78, 5) is 9.76. The third-order valence-corrected chi connectivity index (χ3v) is 4.72. The molecule has 4 heteroatoms. The van der Waals surface area contributed by atoms with Crippen LogP contribution in [0.1, 0.15) is 45.1 Å². The maximum absolute atomic E-state index is 11.9. The Morgan fingerprint density at radius 1 is 1.20 bits per heavy atom. The molecule has 1 N–H and O–H groups in total. The standard InChI is InChI=1S/C16H27O3P/c1-3-4-5-9-12-20(17,18)19-14-15(2)13-16-10-7-6-8-11-16/h6-8,10-11,15H,3-5,9,12-14H2,1-2H3,(H,17,18).